The Labute approximate surface area is 266 Å². The molecule has 6 aromatic rings. The van der Waals surface area contributed by atoms with Crippen LogP contribution in [-0.4, -0.2) is 39.9 Å². The monoisotopic (exact) mass is 677 g/mol. The van der Waals surface area contributed by atoms with Gasteiger partial charge in [0.05, 0.1) is 22.3 Å². The summed E-state index contributed by atoms with van der Waals surface area (Å²) >= 11 is 13.9. The van der Waals surface area contributed by atoms with Crippen molar-refractivity contribution in [1.82, 2.24) is 39.9 Å². The van der Waals surface area contributed by atoms with Crippen LogP contribution < -0.4 is 16.8 Å². The van der Waals surface area contributed by atoms with Gasteiger partial charge in [-0.1, -0.05) is 23.2 Å². The Balaban J connectivity index is 0.000000174. The lowest BCUT2D eigenvalue weighted by Crippen LogP contribution is -2.10. The van der Waals surface area contributed by atoms with E-state index in [9.17, 15) is 13.2 Å². The standard InChI is InChI=1S/C13H7ClF3N5S.C7H6N4S.C6H7ClN2/c14-9-4-8(7(5-20-9)13(15,16)17)22-12-10(23-6-21-12)11-18-2-1-3-19-11;8-6-5(12-4-11-6)7-9-2-1-3-10-7;1-4-3-9-6(7)2-5(4)8/h1-6H,(H,20,22);1-4H,8H2;2-3H,1H3,(H2,8,9). The number of nitrogens with zero attached hydrogens (tertiary/aromatic N) is 8. The largest absolute Gasteiger partial charge is 0.419 e. The molecule has 0 saturated heterocycles. The molecule has 5 N–H and O–H groups in total. The minimum atomic E-state index is -4.57. The lowest BCUT2D eigenvalue weighted by molar-refractivity contribution is -0.137. The van der Waals surface area contributed by atoms with E-state index in [1.165, 1.54) is 40.6 Å². The van der Waals surface area contributed by atoms with Crippen LogP contribution in [0.15, 0.2) is 72.5 Å². The maximum absolute atomic E-state index is 13.1. The van der Waals surface area contributed by atoms with Crippen molar-refractivity contribution in [2.75, 3.05) is 16.8 Å². The Morgan fingerprint density at radius 1 is 0.727 bits per heavy atom. The number of thiazole rings is 2. The molecule has 0 radical (unpaired) electrons. The third-order valence-corrected chi connectivity index (χ3v) is 7.31. The maximum atomic E-state index is 13.1. The molecular weight excluding hydrogens is 658 g/mol. The number of anilines is 4. The summed E-state index contributed by atoms with van der Waals surface area (Å²) in [6.07, 6.45) is 4.20. The van der Waals surface area contributed by atoms with Gasteiger partial charge in [-0.05, 0) is 36.8 Å². The van der Waals surface area contributed by atoms with E-state index < -0.39 is 11.7 Å². The molecule has 0 amide bonds. The van der Waals surface area contributed by atoms with Crippen LogP contribution in [0, 0.1) is 6.92 Å². The molecule has 226 valence electrons. The van der Waals surface area contributed by atoms with Gasteiger partial charge in [0.2, 0.25) is 0 Å². The Bertz CT molecular complexity index is 1800. The van der Waals surface area contributed by atoms with E-state index in [4.69, 9.17) is 34.7 Å². The van der Waals surface area contributed by atoms with Crippen LogP contribution in [0.25, 0.3) is 21.4 Å². The van der Waals surface area contributed by atoms with Crippen molar-refractivity contribution in [3.8, 4) is 21.4 Å². The molecule has 44 heavy (non-hydrogen) atoms. The first-order valence-electron chi connectivity index (χ1n) is 12.1. The van der Waals surface area contributed by atoms with Crippen molar-refractivity contribution in [1.29, 1.82) is 0 Å². The van der Waals surface area contributed by atoms with Crippen molar-refractivity contribution in [3.63, 3.8) is 0 Å². The van der Waals surface area contributed by atoms with Gasteiger partial charge in [0, 0.05) is 42.9 Å². The van der Waals surface area contributed by atoms with Gasteiger partial charge in [-0.3, -0.25) is 0 Å². The normalized spacial score (nSPS) is 10.7. The summed E-state index contributed by atoms with van der Waals surface area (Å²) in [7, 11) is 0. The van der Waals surface area contributed by atoms with Crippen LogP contribution in [0.3, 0.4) is 0 Å². The van der Waals surface area contributed by atoms with Gasteiger partial charge in [-0.25, -0.2) is 39.9 Å². The van der Waals surface area contributed by atoms with Crippen LogP contribution in [0.4, 0.5) is 36.2 Å². The molecule has 0 unspecified atom stereocenters. The number of hydrogen-bond acceptors (Lipinski definition) is 13. The van der Waals surface area contributed by atoms with Crippen LogP contribution in [0.2, 0.25) is 10.3 Å². The van der Waals surface area contributed by atoms with Crippen LogP contribution >= 0.6 is 45.9 Å². The highest BCUT2D eigenvalue weighted by Crippen LogP contribution is 2.38. The first-order chi connectivity index (χ1) is 21.0. The highest BCUT2D eigenvalue weighted by Gasteiger charge is 2.34. The molecule has 11 nitrogen and oxygen atoms in total. The second kappa shape index (κ2) is 14.8. The van der Waals surface area contributed by atoms with Gasteiger partial charge >= 0.3 is 6.18 Å². The van der Waals surface area contributed by atoms with E-state index in [0.29, 0.717) is 39.4 Å². The molecule has 0 saturated carbocycles. The molecule has 6 rings (SSSR count). The van der Waals surface area contributed by atoms with E-state index in [1.807, 2.05) is 6.92 Å². The number of hydrogen-bond donors (Lipinski definition) is 3. The molecule has 0 atom stereocenters. The molecule has 0 aliphatic carbocycles. The number of nitrogens with two attached hydrogens (primary N) is 2. The zero-order valence-electron chi connectivity index (χ0n) is 22.4. The topological polar surface area (TPSA) is 167 Å². The van der Waals surface area contributed by atoms with Crippen molar-refractivity contribution < 1.29 is 13.2 Å². The van der Waals surface area contributed by atoms with Crippen molar-refractivity contribution in [2.45, 2.75) is 13.1 Å². The predicted octanol–water partition coefficient (Wildman–Crippen LogP) is 7.22. The van der Waals surface area contributed by atoms with Crippen LogP contribution in [0.5, 0.6) is 0 Å². The van der Waals surface area contributed by atoms with E-state index in [0.717, 1.165) is 16.5 Å². The van der Waals surface area contributed by atoms with Gasteiger partial charge in [0.1, 0.15) is 25.9 Å². The van der Waals surface area contributed by atoms with Crippen molar-refractivity contribution in [2.24, 2.45) is 0 Å². The first-order valence-corrected chi connectivity index (χ1v) is 14.6. The highest BCUT2D eigenvalue weighted by atomic mass is 35.5. The molecule has 0 aliphatic heterocycles. The molecule has 18 heteroatoms. The Hall–Kier alpha value is -4.51. The average molecular weight is 679 g/mol. The highest BCUT2D eigenvalue weighted by molar-refractivity contribution is 7.14. The fourth-order valence-corrected chi connectivity index (χ4v) is 4.82. The number of pyridine rings is 2. The van der Waals surface area contributed by atoms with Crippen molar-refractivity contribution >= 4 is 68.9 Å². The molecule has 0 fully saturated rings. The Kier molecular flexibility index (Phi) is 10.9. The quantitative estimate of drug-likeness (QED) is 0.161. The minimum Gasteiger partial charge on any atom is -0.398 e. The van der Waals surface area contributed by atoms with Crippen molar-refractivity contribution in [3.05, 3.63) is 93.9 Å². The number of rotatable bonds is 4. The Morgan fingerprint density at radius 2 is 1.27 bits per heavy atom. The lowest BCUT2D eigenvalue weighted by atomic mass is 10.2. The summed E-state index contributed by atoms with van der Waals surface area (Å²) in [6, 6.07) is 6.14. The molecule has 0 spiro atoms. The van der Waals surface area contributed by atoms with E-state index in [2.05, 4.69) is 45.2 Å². The zero-order chi connectivity index (χ0) is 31.7. The molecule has 6 heterocycles. The summed E-state index contributed by atoms with van der Waals surface area (Å²) in [5.41, 5.74) is 14.7. The molecule has 0 bridgehead atoms. The summed E-state index contributed by atoms with van der Waals surface area (Å²) in [5.74, 6) is 1.71. The average Bonchev–Trinajstić information content (AvgIpc) is 3.65. The maximum Gasteiger partial charge on any atom is 0.419 e. The summed E-state index contributed by atoms with van der Waals surface area (Å²) < 4.78 is 39.2. The number of nitrogens with one attached hydrogen (secondary N) is 1. The predicted molar refractivity (Wildman–Crippen MR) is 167 cm³/mol. The number of alkyl halides is 3. The second-order valence-electron chi connectivity index (χ2n) is 8.28. The third kappa shape index (κ3) is 8.76. The number of aromatic nitrogens is 8. The van der Waals surface area contributed by atoms with Crippen LogP contribution in [0.1, 0.15) is 11.1 Å². The van der Waals surface area contributed by atoms with Gasteiger partial charge in [-0.15, -0.1) is 22.7 Å². The molecular formula is C26H20Cl2F3N11S2. The van der Waals surface area contributed by atoms with Gasteiger partial charge < -0.3 is 16.8 Å². The fourth-order valence-electron chi connectivity index (χ4n) is 3.15. The molecule has 0 aromatic carbocycles. The smallest absolute Gasteiger partial charge is 0.398 e. The third-order valence-electron chi connectivity index (χ3n) is 5.24. The van der Waals surface area contributed by atoms with Gasteiger partial charge in [0.15, 0.2) is 17.5 Å². The minimum absolute atomic E-state index is 0.0618. The first kappa shape index (κ1) is 32.4. The number of aryl methyl sites for hydroxylation is 1. The molecule has 6 aromatic heterocycles. The van der Waals surface area contributed by atoms with Gasteiger partial charge in [0.25, 0.3) is 0 Å². The van der Waals surface area contributed by atoms with E-state index in [1.54, 1.807) is 42.3 Å². The molecule has 0 aliphatic rings. The summed E-state index contributed by atoms with van der Waals surface area (Å²) in [6.45, 7) is 1.89. The fraction of sp³-hybridized carbons (Fsp3) is 0.0769. The summed E-state index contributed by atoms with van der Waals surface area (Å²) in [4.78, 5) is 32.9. The number of halogens is 5. The van der Waals surface area contributed by atoms with E-state index >= 15 is 0 Å². The second-order valence-corrected chi connectivity index (χ2v) is 10.8. The summed E-state index contributed by atoms with van der Waals surface area (Å²) in [5, 5.41) is 3.02. The lowest BCUT2D eigenvalue weighted by Gasteiger charge is -2.13. The number of nitrogen functional groups attached to an aromatic ring is 2. The van der Waals surface area contributed by atoms with Crippen LogP contribution in [-0.2, 0) is 6.18 Å². The zero-order valence-corrected chi connectivity index (χ0v) is 25.5. The SMILES string of the molecule is Cc1cnc(Cl)cc1N.FC(F)(F)c1cnc(Cl)cc1Nc1ncsc1-c1ncccn1.Nc1ncsc1-c1ncccn1. The van der Waals surface area contributed by atoms with Gasteiger partial charge in [-0.2, -0.15) is 13.2 Å². The van der Waals surface area contributed by atoms with E-state index in [-0.39, 0.29) is 16.7 Å². The Morgan fingerprint density at radius 3 is 1.82 bits per heavy atom.